The van der Waals surface area contributed by atoms with Crippen molar-refractivity contribution in [3.8, 4) is 11.5 Å². The molecule has 0 aromatic heterocycles. The summed E-state index contributed by atoms with van der Waals surface area (Å²) in [6.07, 6.45) is 38.8. The molecule has 2 rings (SSSR count). The maximum Gasteiger partial charge on any atom is 0.397 e. The summed E-state index contributed by atoms with van der Waals surface area (Å²) < 4.78 is 30.2. The zero-order chi connectivity index (χ0) is 42.5. The minimum absolute atomic E-state index is 0.240. The third-order valence-electron chi connectivity index (χ3n) is 11.6. The predicted octanol–water partition coefficient (Wildman–Crippen LogP) is 18.0. The van der Waals surface area contributed by atoms with Crippen molar-refractivity contribution in [2.24, 2.45) is 0 Å². The van der Waals surface area contributed by atoms with Crippen molar-refractivity contribution in [1.82, 2.24) is 0 Å². The molecule has 0 amide bonds. The first-order chi connectivity index (χ1) is 28.9. The highest BCUT2D eigenvalue weighted by Gasteiger charge is 2.24. The van der Waals surface area contributed by atoms with E-state index in [0.717, 1.165) is 37.0 Å². The molecular weight excluding hydrogens is 771 g/mol. The molecule has 340 valence electrons. The van der Waals surface area contributed by atoms with Crippen molar-refractivity contribution in [3.63, 3.8) is 0 Å². The summed E-state index contributed by atoms with van der Waals surface area (Å²) in [5.74, 6) is 1.40. The Morgan fingerprint density at radius 1 is 0.373 bits per heavy atom. The summed E-state index contributed by atoms with van der Waals surface area (Å²) in [4.78, 5) is 10.4. The molecule has 0 spiro atoms. The van der Waals surface area contributed by atoms with Gasteiger partial charge in [0, 0.05) is 5.41 Å². The molecule has 0 saturated heterocycles. The molecule has 0 aliphatic rings. The van der Waals surface area contributed by atoms with E-state index in [1.165, 1.54) is 173 Å². The van der Waals surface area contributed by atoms with Crippen LogP contribution in [0.4, 0.5) is 0 Å². The molecular formula is C51H90O6P2. The zero-order valence-electron chi connectivity index (χ0n) is 38.8. The highest BCUT2D eigenvalue weighted by atomic mass is 31.2. The van der Waals surface area contributed by atoms with Crippen molar-refractivity contribution in [1.29, 1.82) is 0 Å². The van der Waals surface area contributed by atoms with E-state index in [9.17, 15) is 4.89 Å². The lowest BCUT2D eigenvalue weighted by Gasteiger charge is -2.27. The predicted molar refractivity (Wildman–Crippen MR) is 256 cm³/mol. The van der Waals surface area contributed by atoms with E-state index in [2.05, 4.69) is 58.9 Å². The Bertz CT molecular complexity index is 1170. The van der Waals surface area contributed by atoms with Crippen LogP contribution in [-0.4, -0.2) is 24.7 Å². The molecule has 0 heterocycles. The Balaban J connectivity index is 1.79. The smallest absolute Gasteiger partial charge is 0.397 e. The normalized spacial score (nSPS) is 12.4. The van der Waals surface area contributed by atoms with Crippen LogP contribution in [-0.2, 0) is 19.0 Å². The van der Waals surface area contributed by atoms with Gasteiger partial charge in [0.2, 0.25) is 0 Å². The van der Waals surface area contributed by atoms with Gasteiger partial charge in [-0.15, -0.1) is 0 Å². The highest BCUT2D eigenvalue weighted by molar-refractivity contribution is 7.42. The second kappa shape index (κ2) is 37.3. The molecule has 1 unspecified atom stereocenters. The van der Waals surface area contributed by atoms with Gasteiger partial charge in [-0.1, -0.05) is 232 Å². The summed E-state index contributed by atoms with van der Waals surface area (Å²) in [5.41, 5.74) is 2.11. The van der Waals surface area contributed by atoms with E-state index in [0.29, 0.717) is 25.6 Å². The fourth-order valence-electron chi connectivity index (χ4n) is 7.51. The molecule has 59 heavy (non-hydrogen) atoms. The minimum Gasteiger partial charge on any atom is -0.427 e. The summed E-state index contributed by atoms with van der Waals surface area (Å²) in [6.45, 7) is 13.2. The number of hydrogen-bond acceptors (Lipinski definition) is 6. The molecule has 1 atom stereocenters. The van der Waals surface area contributed by atoms with E-state index in [1.807, 2.05) is 24.3 Å². The molecule has 0 aliphatic heterocycles. The lowest BCUT2D eigenvalue weighted by Crippen LogP contribution is -2.18. The van der Waals surface area contributed by atoms with Gasteiger partial charge in [0.05, 0.1) is 19.8 Å². The van der Waals surface area contributed by atoms with Crippen LogP contribution in [0.25, 0.3) is 0 Å². The summed E-state index contributed by atoms with van der Waals surface area (Å²) in [7, 11) is -3.40. The number of unbranched alkanes of at least 4 members (excludes halogenated alkanes) is 27. The molecule has 8 heteroatoms. The summed E-state index contributed by atoms with van der Waals surface area (Å²) in [6, 6.07) is 16.4. The monoisotopic (exact) mass is 861 g/mol. The van der Waals surface area contributed by atoms with Gasteiger partial charge in [0.15, 0.2) is 0 Å². The maximum absolute atomic E-state index is 10.4. The first-order valence-electron chi connectivity index (χ1n) is 24.7. The van der Waals surface area contributed by atoms with Crippen LogP contribution in [0.15, 0.2) is 48.5 Å². The van der Waals surface area contributed by atoms with Crippen LogP contribution in [0.2, 0.25) is 0 Å². The molecule has 2 aromatic rings. The second-order valence-electron chi connectivity index (χ2n) is 17.4. The molecule has 0 aliphatic carbocycles. The van der Waals surface area contributed by atoms with Gasteiger partial charge < -0.3 is 27.5 Å². The molecule has 0 bridgehead atoms. The van der Waals surface area contributed by atoms with Crippen LogP contribution in [0.1, 0.15) is 238 Å². The van der Waals surface area contributed by atoms with E-state index in [1.54, 1.807) is 0 Å². The van der Waals surface area contributed by atoms with Gasteiger partial charge in [-0.2, -0.15) is 0 Å². The fraction of sp³-hybridized carbons (Fsp3) is 0.765. The van der Waals surface area contributed by atoms with Crippen LogP contribution in [0.3, 0.4) is 0 Å². The van der Waals surface area contributed by atoms with Crippen molar-refractivity contribution in [2.45, 2.75) is 233 Å². The van der Waals surface area contributed by atoms with Crippen LogP contribution in [0.5, 0.6) is 11.5 Å². The zero-order valence-corrected chi connectivity index (χ0v) is 40.6. The van der Waals surface area contributed by atoms with E-state index in [-0.39, 0.29) is 5.41 Å². The lowest BCUT2D eigenvalue weighted by molar-refractivity contribution is 0.198. The average Bonchev–Trinajstić information content (AvgIpc) is 3.24. The third kappa shape index (κ3) is 28.1. The van der Waals surface area contributed by atoms with Gasteiger partial charge in [-0.25, -0.2) is 0 Å². The Morgan fingerprint density at radius 2 is 0.644 bits per heavy atom. The largest absolute Gasteiger partial charge is 0.427 e. The third-order valence-corrected chi connectivity index (χ3v) is 13.5. The van der Waals surface area contributed by atoms with Crippen LogP contribution < -0.4 is 9.05 Å². The number of hydrogen-bond donors (Lipinski definition) is 1. The van der Waals surface area contributed by atoms with Gasteiger partial charge in [-0.05, 0) is 54.7 Å². The number of benzene rings is 2. The lowest BCUT2D eigenvalue weighted by atomic mass is 9.78. The standard InChI is InChI=1S/C51H90O6P2/c1-6-9-12-15-18-21-24-27-30-33-44-53-58(52)56-49-40-36-47(37-41-49)51(4,5)48-38-42-50(43-39-48)57-59(54-45-34-31-28-25-22-19-16-13-10-7-2)55-46-35-32-29-26-23-20-17-14-11-8-3/h36-43,52H,6-35,44-46H2,1-5H3. The number of rotatable bonds is 42. The fourth-order valence-corrected chi connectivity index (χ4v) is 9.18. The van der Waals surface area contributed by atoms with Crippen molar-refractivity contribution in [3.05, 3.63) is 59.7 Å². The molecule has 1 N–H and O–H groups in total. The Kier molecular flexibility index (Phi) is 34.1. The minimum atomic E-state index is -1.94. The molecule has 2 aromatic carbocycles. The quantitative estimate of drug-likeness (QED) is 0.0530. The first kappa shape index (κ1) is 53.9. The van der Waals surface area contributed by atoms with E-state index >= 15 is 0 Å². The Labute approximate surface area is 367 Å². The van der Waals surface area contributed by atoms with Crippen LogP contribution >= 0.6 is 17.2 Å². The molecule has 0 saturated carbocycles. The van der Waals surface area contributed by atoms with E-state index < -0.39 is 17.2 Å². The van der Waals surface area contributed by atoms with Gasteiger partial charge in [-0.3, -0.25) is 0 Å². The van der Waals surface area contributed by atoms with Crippen molar-refractivity contribution in [2.75, 3.05) is 19.8 Å². The SMILES string of the molecule is CCCCCCCCCCCCOP(O)Oc1ccc(C(C)(C)c2ccc(OP(OCCCCCCCCCCCC)OCCCCCCCCCCCC)cc2)cc1. The molecule has 6 nitrogen and oxygen atoms in total. The maximum atomic E-state index is 10.4. The van der Waals surface area contributed by atoms with Crippen molar-refractivity contribution >= 4 is 17.2 Å². The van der Waals surface area contributed by atoms with E-state index in [4.69, 9.17) is 22.6 Å². The average molecular weight is 861 g/mol. The summed E-state index contributed by atoms with van der Waals surface area (Å²) >= 11 is 0. The first-order valence-corrected chi connectivity index (χ1v) is 26.9. The molecule has 0 fully saturated rings. The Hall–Kier alpha value is -1.26. The molecule has 0 radical (unpaired) electrons. The van der Waals surface area contributed by atoms with Crippen molar-refractivity contribution < 1.29 is 27.5 Å². The second-order valence-corrected chi connectivity index (χ2v) is 19.4. The highest BCUT2D eigenvalue weighted by Crippen LogP contribution is 2.42. The Morgan fingerprint density at radius 3 is 0.966 bits per heavy atom. The van der Waals surface area contributed by atoms with Gasteiger partial charge in [0.1, 0.15) is 11.5 Å². The van der Waals surface area contributed by atoms with Gasteiger partial charge in [0.25, 0.3) is 0 Å². The topological polar surface area (TPSA) is 66.4 Å². The van der Waals surface area contributed by atoms with Gasteiger partial charge >= 0.3 is 17.2 Å². The summed E-state index contributed by atoms with van der Waals surface area (Å²) in [5, 5.41) is 0. The van der Waals surface area contributed by atoms with Crippen LogP contribution in [0, 0.1) is 0 Å².